The minimum absolute atomic E-state index is 0.314. The summed E-state index contributed by atoms with van der Waals surface area (Å²) in [7, 11) is 0. The summed E-state index contributed by atoms with van der Waals surface area (Å²) in [4.78, 5) is 10.7. The first-order valence-electron chi connectivity index (χ1n) is 4.36. The molecule has 1 amide bonds. The molecule has 0 bridgehead atoms. The van der Waals surface area contributed by atoms with Crippen molar-refractivity contribution in [3.63, 3.8) is 0 Å². The van der Waals surface area contributed by atoms with Crippen LogP contribution in [-0.4, -0.2) is 19.2 Å². The minimum atomic E-state index is -0.314. The van der Waals surface area contributed by atoms with Gasteiger partial charge in [-0.2, -0.15) is 0 Å². The maximum absolute atomic E-state index is 10.7. The molecule has 1 radical (unpaired) electrons. The predicted octanol–water partition coefficient (Wildman–Crippen LogP) is 2.13. The summed E-state index contributed by atoms with van der Waals surface area (Å²) >= 11 is 0. The second-order valence-electron chi connectivity index (χ2n) is 2.96. The predicted molar refractivity (Wildman–Crippen MR) is 48.8 cm³/mol. The van der Waals surface area contributed by atoms with E-state index in [-0.39, 0.29) is 6.09 Å². The summed E-state index contributed by atoms with van der Waals surface area (Å²) in [5.41, 5.74) is 0. The fourth-order valence-corrected chi connectivity index (χ4v) is 0.815. The third-order valence-electron chi connectivity index (χ3n) is 1.40. The van der Waals surface area contributed by atoms with Crippen LogP contribution in [0.3, 0.4) is 0 Å². The number of hydrogen-bond donors (Lipinski definition) is 1. The Balaban J connectivity index is 3.14. The van der Waals surface area contributed by atoms with Gasteiger partial charge in [0.2, 0.25) is 0 Å². The number of alkyl carbamates (subject to hydrolysis) is 1. The smallest absolute Gasteiger partial charge is 0.407 e. The largest absolute Gasteiger partial charge is 0.450 e. The van der Waals surface area contributed by atoms with Gasteiger partial charge >= 0.3 is 6.09 Å². The lowest BCUT2D eigenvalue weighted by molar-refractivity contribution is 0.152. The normalized spacial score (nSPS) is 10.0. The van der Waals surface area contributed by atoms with E-state index in [1.54, 1.807) is 6.92 Å². The zero-order valence-corrected chi connectivity index (χ0v) is 8.14. The maximum atomic E-state index is 10.7. The van der Waals surface area contributed by atoms with Crippen LogP contribution in [0.1, 0.15) is 33.6 Å². The highest BCUT2D eigenvalue weighted by atomic mass is 16.5. The molecule has 0 unspecified atom stereocenters. The highest BCUT2D eigenvalue weighted by Gasteiger charge is 1.99. The van der Waals surface area contributed by atoms with Crippen LogP contribution in [0.4, 0.5) is 4.79 Å². The Labute approximate surface area is 74.5 Å². The summed E-state index contributed by atoms with van der Waals surface area (Å²) in [5, 5.41) is 2.66. The summed E-state index contributed by atoms with van der Waals surface area (Å²) in [5.74, 6) is 1.39. The average Bonchev–Trinajstić information content (AvgIpc) is 1.98. The molecule has 0 aromatic carbocycles. The molecular weight excluding hydrogens is 154 g/mol. The van der Waals surface area contributed by atoms with Crippen molar-refractivity contribution in [1.82, 2.24) is 5.32 Å². The second kappa shape index (κ2) is 6.95. The lowest BCUT2D eigenvalue weighted by Gasteiger charge is -2.05. The van der Waals surface area contributed by atoms with Crippen molar-refractivity contribution >= 4 is 6.09 Å². The molecule has 0 aromatic rings. The first-order valence-corrected chi connectivity index (χ1v) is 4.36. The molecular formula is C9H18NO2. The van der Waals surface area contributed by atoms with Crippen LogP contribution in [0, 0.1) is 5.92 Å². The van der Waals surface area contributed by atoms with Gasteiger partial charge in [0.05, 0.1) is 6.61 Å². The first kappa shape index (κ1) is 11.3. The van der Waals surface area contributed by atoms with E-state index in [9.17, 15) is 4.79 Å². The van der Waals surface area contributed by atoms with Gasteiger partial charge in [0.25, 0.3) is 0 Å². The minimum Gasteiger partial charge on any atom is -0.450 e. The fourth-order valence-electron chi connectivity index (χ4n) is 0.815. The summed E-state index contributed by atoms with van der Waals surface area (Å²) in [6.45, 7) is 7.10. The van der Waals surface area contributed by atoms with Crippen molar-refractivity contribution in [1.29, 1.82) is 0 Å². The highest BCUT2D eigenvalue weighted by molar-refractivity contribution is 5.66. The van der Waals surface area contributed by atoms with Crippen molar-refractivity contribution in [2.75, 3.05) is 13.2 Å². The van der Waals surface area contributed by atoms with Crippen molar-refractivity contribution in [3.05, 3.63) is 5.92 Å². The monoisotopic (exact) mass is 172 g/mol. The number of carbonyl (C=O) groups excluding carboxylic acids is 1. The molecule has 0 spiro atoms. The first-order chi connectivity index (χ1) is 5.66. The van der Waals surface area contributed by atoms with Gasteiger partial charge in [-0.25, -0.2) is 4.79 Å². The van der Waals surface area contributed by atoms with E-state index in [0.717, 1.165) is 12.8 Å². The van der Waals surface area contributed by atoms with Crippen LogP contribution in [0.2, 0.25) is 0 Å². The molecule has 71 valence electrons. The van der Waals surface area contributed by atoms with E-state index in [1.807, 2.05) is 0 Å². The number of rotatable bonds is 5. The summed E-state index contributed by atoms with van der Waals surface area (Å²) in [6, 6.07) is 0. The topological polar surface area (TPSA) is 38.3 Å². The van der Waals surface area contributed by atoms with Gasteiger partial charge < -0.3 is 10.1 Å². The van der Waals surface area contributed by atoms with Crippen LogP contribution in [0.15, 0.2) is 0 Å². The molecule has 3 heteroatoms. The number of hydrogen-bond acceptors (Lipinski definition) is 2. The van der Waals surface area contributed by atoms with E-state index in [2.05, 4.69) is 19.2 Å². The number of amides is 1. The van der Waals surface area contributed by atoms with Gasteiger partial charge in [-0.15, -0.1) is 0 Å². The molecule has 0 aromatic heterocycles. The molecule has 0 heterocycles. The van der Waals surface area contributed by atoms with Crippen molar-refractivity contribution in [2.24, 2.45) is 0 Å². The molecule has 0 aliphatic heterocycles. The van der Waals surface area contributed by atoms with Crippen molar-refractivity contribution in [2.45, 2.75) is 33.6 Å². The second-order valence-corrected chi connectivity index (χ2v) is 2.96. The third kappa shape index (κ3) is 7.38. The molecule has 0 saturated carbocycles. The van der Waals surface area contributed by atoms with Gasteiger partial charge in [0.15, 0.2) is 0 Å². The van der Waals surface area contributed by atoms with Crippen LogP contribution in [0.25, 0.3) is 0 Å². The maximum Gasteiger partial charge on any atom is 0.407 e. The number of carbonyl (C=O) groups is 1. The SMILES string of the molecule is CCOC(=O)NCCC[C](C)C. The van der Waals surface area contributed by atoms with Crippen molar-refractivity contribution < 1.29 is 9.53 Å². The number of nitrogens with one attached hydrogen (secondary N) is 1. The lowest BCUT2D eigenvalue weighted by Crippen LogP contribution is -2.25. The van der Waals surface area contributed by atoms with Gasteiger partial charge in [0, 0.05) is 6.54 Å². The molecule has 0 aliphatic carbocycles. The van der Waals surface area contributed by atoms with Crippen LogP contribution in [0.5, 0.6) is 0 Å². The molecule has 0 fully saturated rings. The Bertz CT molecular complexity index is 124. The van der Waals surface area contributed by atoms with Gasteiger partial charge in [-0.3, -0.25) is 0 Å². The van der Waals surface area contributed by atoms with E-state index in [1.165, 1.54) is 5.92 Å². The zero-order chi connectivity index (χ0) is 9.40. The molecule has 0 atom stereocenters. The number of ether oxygens (including phenoxy) is 1. The molecule has 12 heavy (non-hydrogen) atoms. The van der Waals surface area contributed by atoms with Gasteiger partial charge in [-0.1, -0.05) is 13.8 Å². The molecule has 0 aliphatic rings. The molecule has 0 rings (SSSR count). The van der Waals surface area contributed by atoms with Crippen molar-refractivity contribution in [3.8, 4) is 0 Å². The Kier molecular flexibility index (Phi) is 6.53. The summed E-state index contributed by atoms with van der Waals surface area (Å²) < 4.78 is 4.69. The van der Waals surface area contributed by atoms with Gasteiger partial charge in [-0.05, 0) is 25.7 Å². The van der Waals surface area contributed by atoms with E-state index >= 15 is 0 Å². The van der Waals surface area contributed by atoms with E-state index < -0.39 is 0 Å². The highest BCUT2D eigenvalue weighted by Crippen LogP contribution is 2.04. The Morgan fingerprint density at radius 2 is 2.08 bits per heavy atom. The quantitative estimate of drug-likeness (QED) is 0.645. The van der Waals surface area contributed by atoms with E-state index in [0.29, 0.717) is 13.2 Å². The van der Waals surface area contributed by atoms with Gasteiger partial charge in [0.1, 0.15) is 0 Å². The van der Waals surface area contributed by atoms with Crippen LogP contribution < -0.4 is 5.32 Å². The average molecular weight is 172 g/mol. The Morgan fingerprint density at radius 1 is 1.42 bits per heavy atom. The van der Waals surface area contributed by atoms with E-state index in [4.69, 9.17) is 4.74 Å². The standard InChI is InChI=1S/C9H18NO2/c1-4-12-9(11)10-7-5-6-8(2)3/h4-7H2,1-3H3,(H,10,11). The Hall–Kier alpha value is -0.730. The molecule has 3 nitrogen and oxygen atoms in total. The summed E-state index contributed by atoms with van der Waals surface area (Å²) in [6.07, 6.45) is 1.74. The zero-order valence-electron chi connectivity index (χ0n) is 8.14. The van der Waals surface area contributed by atoms with Crippen LogP contribution >= 0.6 is 0 Å². The lowest BCUT2D eigenvalue weighted by atomic mass is 10.1. The molecule has 0 saturated heterocycles. The third-order valence-corrected chi connectivity index (χ3v) is 1.40. The Morgan fingerprint density at radius 3 is 2.58 bits per heavy atom. The molecule has 1 N–H and O–H groups in total. The van der Waals surface area contributed by atoms with Crippen LogP contribution in [-0.2, 0) is 4.74 Å². The fraction of sp³-hybridized carbons (Fsp3) is 0.778.